The van der Waals surface area contributed by atoms with Crippen molar-refractivity contribution in [1.29, 1.82) is 0 Å². The van der Waals surface area contributed by atoms with Crippen LogP contribution in [0.1, 0.15) is 19.3 Å². The Kier molecular flexibility index (Phi) is 7.41. The highest BCUT2D eigenvalue weighted by atomic mass is 127. The zero-order valence-corrected chi connectivity index (χ0v) is 13.4. The lowest BCUT2D eigenvalue weighted by Crippen LogP contribution is -2.25. The first kappa shape index (κ1) is 15.6. The Morgan fingerprint density at radius 3 is 3.06 bits per heavy atom. The summed E-state index contributed by atoms with van der Waals surface area (Å²) in [6.07, 6.45) is 5.64. The Hall–Kier alpha value is -0.500. The van der Waals surface area contributed by atoms with Crippen molar-refractivity contribution in [2.75, 3.05) is 17.6 Å². The number of halogens is 1. The first-order valence-corrected chi connectivity index (χ1v) is 6.99. The van der Waals surface area contributed by atoms with E-state index < -0.39 is 0 Å². The molecule has 1 unspecified atom stereocenters. The van der Waals surface area contributed by atoms with Crippen molar-refractivity contribution in [1.82, 2.24) is 4.98 Å². The zero-order chi connectivity index (χ0) is 11.9. The average Bonchev–Trinajstić information content (AvgIpc) is 2.39. The lowest BCUT2D eigenvalue weighted by atomic mass is 10.2. The third-order valence-electron chi connectivity index (χ3n) is 2.66. The summed E-state index contributed by atoms with van der Waals surface area (Å²) in [5, 5.41) is 3.62. The van der Waals surface area contributed by atoms with E-state index >= 15 is 0 Å². The van der Waals surface area contributed by atoms with Crippen LogP contribution in [0.3, 0.4) is 0 Å². The van der Waals surface area contributed by atoms with Crippen molar-refractivity contribution in [3.05, 3.63) is 24.4 Å². The lowest BCUT2D eigenvalue weighted by molar-refractivity contribution is 0.668. The Bertz CT molecular complexity index is 366. The summed E-state index contributed by atoms with van der Waals surface area (Å²) in [6, 6.07) is 5.66. The van der Waals surface area contributed by atoms with Crippen LogP contribution in [0.25, 0.3) is 0 Å². The van der Waals surface area contributed by atoms with Crippen LogP contribution in [0, 0.1) is 0 Å². The summed E-state index contributed by atoms with van der Waals surface area (Å²) >= 11 is 2.01. The van der Waals surface area contributed by atoms with Gasteiger partial charge in [0.05, 0.1) is 6.54 Å². The van der Waals surface area contributed by atoms with Crippen molar-refractivity contribution in [2.24, 2.45) is 10.7 Å². The molecule has 2 rings (SSSR count). The first-order chi connectivity index (χ1) is 8.34. The van der Waals surface area contributed by atoms with E-state index in [2.05, 4.69) is 15.3 Å². The van der Waals surface area contributed by atoms with E-state index in [9.17, 15) is 0 Å². The number of rotatable bonds is 3. The fourth-order valence-electron chi connectivity index (χ4n) is 1.76. The molecular weight excluding hydrogens is 359 g/mol. The van der Waals surface area contributed by atoms with Crippen LogP contribution in [0.5, 0.6) is 0 Å². The maximum Gasteiger partial charge on any atom is 0.194 e. The highest BCUT2D eigenvalue weighted by molar-refractivity contribution is 14.0. The second-order valence-corrected chi connectivity index (χ2v) is 5.46. The number of aliphatic imine (C=N–C) groups is 1. The number of nitrogens with two attached hydrogens (primary N) is 1. The second kappa shape index (κ2) is 8.58. The fraction of sp³-hybridized carbons (Fsp3) is 0.500. The minimum absolute atomic E-state index is 0. The summed E-state index contributed by atoms with van der Waals surface area (Å²) in [5.41, 5.74) is 5.81. The molecule has 1 aromatic rings. The van der Waals surface area contributed by atoms with Gasteiger partial charge in [-0.3, -0.25) is 4.99 Å². The Labute approximate surface area is 129 Å². The molecule has 3 N–H and O–H groups in total. The molecule has 1 aromatic heterocycles. The predicted octanol–water partition coefficient (Wildman–Crippen LogP) is 2.71. The van der Waals surface area contributed by atoms with Gasteiger partial charge in [0.2, 0.25) is 0 Å². The quantitative estimate of drug-likeness (QED) is 0.482. The standard InChI is InChI=1S/C12H18N4S.HI/c13-12(16-11-6-1-3-7-14-11)15-9-10-5-2-4-8-17-10;/h1,3,6-7,10H,2,4-5,8-9H2,(H3,13,14,15,16);1H. The van der Waals surface area contributed by atoms with E-state index in [0.29, 0.717) is 11.2 Å². The highest BCUT2D eigenvalue weighted by Crippen LogP contribution is 2.24. The molecule has 1 fully saturated rings. The van der Waals surface area contributed by atoms with Crippen molar-refractivity contribution in [2.45, 2.75) is 24.5 Å². The SMILES string of the molecule is I.NC(=NCC1CCCCS1)Nc1ccccn1. The molecule has 6 heteroatoms. The number of aromatic nitrogens is 1. The van der Waals surface area contributed by atoms with Gasteiger partial charge in [-0.2, -0.15) is 11.8 Å². The molecule has 18 heavy (non-hydrogen) atoms. The Morgan fingerprint density at radius 2 is 2.39 bits per heavy atom. The maximum absolute atomic E-state index is 5.81. The van der Waals surface area contributed by atoms with E-state index in [1.54, 1.807) is 6.20 Å². The van der Waals surface area contributed by atoms with Crippen molar-refractivity contribution in [3.63, 3.8) is 0 Å². The summed E-state index contributed by atoms with van der Waals surface area (Å²) in [7, 11) is 0. The number of guanidine groups is 1. The summed E-state index contributed by atoms with van der Waals surface area (Å²) < 4.78 is 0. The van der Waals surface area contributed by atoms with Gasteiger partial charge < -0.3 is 11.1 Å². The van der Waals surface area contributed by atoms with E-state index in [1.165, 1.54) is 25.0 Å². The smallest absolute Gasteiger partial charge is 0.194 e. The molecule has 0 spiro atoms. The summed E-state index contributed by atoms with van der Waals surface area (Å²) in [6.45, 7) is 0.802. The van der Waals surface area contributed by atoms with Gasteiger partial charge >= 0.3 is 0 Å². The van der Waals surface area contributed by atoms with E-state index in [1.807, 2.05) is 30.0 Å². The van der Waals surface area contributed by atoms with Gasteiger partial charge in [0.25, 0.3) is 0 Å². The van der Waals surface area contributed by atoms with Crippen molar-refractivity contribution < 1.29 is 0 Å². The number of hydrogen-bond donors (Lipinski definition) is 2. The third kappa shape index (κ3) is 5.43. The number of pyridine rings is 1. The molecule has 0 aliphatic carbocycles. The van der Waals surface area contributed by atoms with Gasteiger partial charge in [0, 0.05) is 11.4 Å². The van der Waals surface area contributed by atoms with E-state index in [0.717, 1.165) is 12.4 Å². The van der Waals surface area contributed by atoms with E-state index in [4.69, 9.17) is 5.73 Å². The topological polar surface area (TPSA) is 63.3 Å². The number of thioether (sulfide) groups is 1. The van der Waals surface area contributed by atoms with Gasteiger partial charge in [-0.1, -0.05) is 12.5 Å². The molecular formula is C12H19IN4S. The molecule has 0 radical (unpaired) electrons. The average molecular weight is 378 g/mol. The predicted molar refractivity (Wildman–Crippen MR) is 89.9 cm³/mol. The summed E-state index contributed by atoms with van der Waals surface area (Å²) in [4.78, 5) is 8.50. The molecule has 100 valence electrons. The number of nitrogens with one attached hydrogen (secondary N) is 1. The Balaban J connectivity index is 0.00000162. The molecule has 4 nitrogen and oxygen atoms in total. The van der Waals surface area contributed by atoms with Gasteiger partial charge in [-0.05, 0) is 30.7 Å². The minimum Gasteiger partial charge on any atom is -0.370 e. The third-order valence-corrected chi connectivity index (χ3v) is 4.04. The van der Waals surface area contributed by atoms with Gasteiger partial charge in [0.1, 0.15) is 5.82 Å². The second-order valence-electron chi connectivity index (χ2n) is 4.05. The van der Waals surface area contributed by atoms with Crippen LogP contribution in [-0.2, 0) is 0 Å². The van der Waals surface area contributed by atoms with Crippen LogP contribution in [0.4, 0.5) is 5.82 Å². The fourth-order valence-corrected chi connectivity index (χ4v) is 2.98. The van der Waals surface area contributed by atoms with Crippen LogP contribution in [0.2, 0.25) is 0 Å². The van der Waals surface area contributed by atoms with Gasteiger partial charge in [-0.15, -0.1) is 24.0 Å². The largest absolute Gasteiger partial charge is 0.370 e. The molecule has 1 atom stereocenters. The van der Waals surface area contributed by atoms with Gasteiger partial charge in [0.15, 0.2) is 5.96 Å². The van der Waals surface area contributed by atoms with Crippen LogP contribution >= 0.6 is 35.7 Å². The van der Waals surface area contributed by atoms with Crippen LogP contribution < -0.4 is 11.1 Å². The number of anilines is 1. The van der Waals surface area contributed by atoms with Crippen LogP contribution in [0.15, 0.2) is 29.4 Å². The minimum atomic E-state index is 0. The van der Waals surface area contributed by atoms with Crippen molar-refractivity contribution >= 4 is 47.5 Å². The molecule has 0 aromatic carbocycles. The zero-order valence-electron chi connectivity index (χ0n) is 10.2. The number of hydrogen-bond acceptors (Lipinski definition) is 3. The maximum atomic E-state index is 5.81. The van der Waals surface area contributed by atoms with Gasteiger partial charge in [-0.25, -0.2) is 4.98 Å². The lowest BCUT2D eigenvalue weighted by Gasteiger charge is -2.19. The van der Waals surface area contributed by atoms with Crippen molar-refractivity contribution in [3.8, 4) is 0 Å². The normalized spacial score (nSPS) is 20.0. The van der Waals surface area contributed by atoms with Crippen LogP contribution in [-0.4, -0.2) is 28.5 Å². The molecule has 1 aliphatic rings. The molecule has 1 saturated heterocycles. The Morgan fingerprint density at radius 1 is 1.50 bits per heavy atom. The monoisotopic (exact) mass is 378 g/mol. The summed E-state index contributed by atoms with van der Waals surface area (Å²) in [5.74, 6) is 2.45. The highest BCUT2D eigenvalue weighted by Gasteiger charge is 2.12. The molecule has 2 heterocycles. The first-order valence-electron chi connectivity index (χ1n) is 5.94. The molecule has 0 amide bonds. The van der Waals surface area contributed by atoms with E-state index in [-0.39, 0.29) is 24.0 Å². The molecule has 0 saturated carbocycles. The molecule has 1 aliphatic heterocycles. The molecule has 0 bridgehead atoms. The number of nitrogens with zero attached hydrogens (tertiary/aromatic N) is 2.